The van der Waals surface area contributed by atoms with Gasteiger partial charge in [0.15, 0.2) is 0 Å². The van der Waals surface area contributed by atoms with E-state index >= 15 is 0 Å². The SMILES string of the molecule is CCCC(C)C(CN)N1CCC2C(CCCN2C)C1. The number of hydrogen-bond acceptors (Lipinski definition) is 3. The molecule has 2 heterocycles. The fourth-order valence-corrected chi connectivity index (χ4v) is 4.37. The van der Waals surface area contributed by atoms with Crippen LogP contribution in [-0.2, 0) is 0 Å². The maximum atomic E-state index is 6.08. The summed E-state index contributed by atoms with van der Waals surface area (Å²) in [5.41, 5.74) is 6.08. The van der Waals surface area contributed by atoms with Gasteiger partial charge < -0.3 is 10.6 Å². The van der Waals surface area contributed by atoms with Gasteiger partial charge in [0.05, 0.1) is 0 Å². The molecule has 2 aliphatic rings. The summed E-state index contributed by atoms with van der Waals surface area (Å²) in [6.45, 7) is 9.33. The molecule has 0 aromatic carbocycles. The molecule has 3 heteroatoms. The minimum atomic E-state index is 0.605. The Labute approximate surface area is 119 Å². The van der Waals surface area contributed by atoms with Crippen LogP contribution in [0.2, 0.25) is 0 Å². The van der Waals surface area contributed by atoms with E-state index in [4.69, 9.17) is 5.73 Å². The molecule has 4 atom stereocenters. The van der Waals surface area contributed by atoms with Gasteiger partial charge in [-0.25, -0.2) is 0 Å². The van der Waals surface area contributed by atoms with Crippen molar-refractivity contribution in [3.05, 3.63) is 0 Å². The predicted molar refractivity (Wildman–Crippen MR) is 82.2 cm³/mol. The fourth-order valence-electron chi connectivity index (χ4n) is 4.37. The molecule has 2 N–H and O–H groups in total. The van der Waals surface area contributed by atoms with E-state index in [-0.39, 0.29) is 0 Å². The number of piperidine rings is 2. The molecule has 0 saturated carbocycles. The molecule has 0 radical (unpaired) electrons. The first-order valence-corrected chi connectivity index (χ1v) is 8.31. The van der Waals surface area contributed by atoms with Crippen LogP contribution >= 0.6 is 0 Å². The van der Waals surface area contributed by atoms with E-state index in [1.54, 1.807) is 0 Å². The molecule has 0 aliphatic carbocycles. The average Bonchev–Trinajstić information content (AvgIpc) is 2.40. The number of rotatable bonds is 5. The maximum absolute atomic E-state index is 6.08. The van der Waals surface area contributed by atoms with Gasteiger partial charge in [-0.2, -0.15) is 0 Å². The van der Waals surface area contributed by atoms with E-state index < -0.39 is 0 Å². The third-order valence-corrected chi connectivity index (χ3v) is 5.49. The molecule has 112 valence electrons. The zero-order valence-electron chi connectivity index (χ0n) is 13.1. The normalized spacial score (nSPS) is 32.8. The lowest BCUT2D eigenvalue weighted by molar-refractivity contribution is 0.00994. The van der Waals surface area contributed by atoms with Gasteiger partial charge in [0.1, 0.15) is 0 Å². The predicted octanol–water partition coefficient (Wildman–Crippen LogP) is 2.17. The Hall–Kier alpha value is -0.120. The molecule has 2 fully saturated rings. The smallest absolute Gasteiger partial charge is 0.0244 e. The van der Waals surface area contributed by atoms with E-state index in [0.717, 1.165) is 24.4 Å². The summed E-state index contributed by atoms with van der Waals surface area (Å²) in [6.07, 6.45) is 6.73. The lowest BCUT2D eigenvalue weighted by Gasteiger charge is -2.48. The molecule has 0 bridgehead atoms. The van der Waals surface area contributed by atoms with Crippen LogP contribution in [0.25, 0.3) is 0 Å². The Morgan fingerprint density at radius 3 is 2.74 bits per heavy atom. The molecule has 4 unspecified atom stereocenters. The van der Waals surface area contributed by atoms with Gasteiger partial charge in [0.25, 0.3) is 0 Å². The van der Waals surface area contributed by atoms with Gasteiger partial charge in [-0.3, -0.25) is 4.90 Å². The lowest BCUT2D eigenvalue weighted by atomic mass is 9.82. The highest BCUT2D eigenvalue weighted by molar-refractivity contribution is 4.92. The molecule has 2 saturated heterocycles. The van der Waals surface area contributed by atoms with E-state index in [9.17, 15) is 0 Å². The summed E-state index contributed by atoms with van der Waals surface area (Å²) in [5, 5.41) is 0. The van der Waals surface area contributed by atoms with Crippen LogP contribution in [0.5, 0.6) is 0 Å². The van der Waals surface area contributed by atoms with Gasteiger partial charge in [0, 0.05) is 31.7 Å². The molecular formula is C16H33N3. The molecule has 2 aliphatic heterocycles. The van der Waals surface area contributed by atoms with Crippen LogP contribution in [0.4, 0.5) is 0 Å². The van der Waals surface area contributed by atoms with Crippen molar-refractivity contribution in [1.29, 1.82) is 0 Å². The summed E-state index contributed by atoms with van der Waals surface area (Å²) < 4.78 is 0. The molecule has 0 aromatic heterocycles. The minimum absolute atomic E-state index is 0.605. The Morgan fingerprint density at radius 2 is 2.05 bits per heavy atom. The third kappa shape index (κ3) is 3.50. The quantitative estimate of drug-likeness (QED) is 0.828. The van der Waals surface area contributed by atoms with Crippen molar-refractivity contribution in [2.24, 2.45) is 17.6 Å². The standard InChI is InChI=1S/C16H33N3/c1-4-6-13(2)16(11-17)19-10-8-15-14(12-19)7-5-9-18(15)3/h13-16H,4-12,17H2,1-3H3. The summed E-state index contributed by atoms with van der Waals surface area (Å²) in [5.74, 6) is 1.63. The van der Waals surface area contributed by atoms with Gasteiger partial charge in [-0.05, 0) is 51.1 Å². The van der Waals surface area contributed by atoms with E-state index in [1.165, 1.54) is 51.7 Å². The molecular weight excluding hydrogens is 234 g/mol. The summed E-state index contributed by atoms with van der Waals surface area (Å²) in [4.78, 5) is 5.30. The van der Waals surface area contributed by atoms with Crippen LogP contribution in [0, 0.1) is 11.8 Å². The van der Waals surface area contributed by atoms with Crippen molar-refractivity contribution in [3.63, 3.8) is 0 Å². The second-order valence-electron chi connectivity index (χ2n) is 6.80. The molecule has 3 nitrogen and oxygen atoms in total. The number of likely N-dealkylation sites (tertiary alicyclic amines) is 2. The monoisotopic (exact) mass is 267 g/mol. The lowest BCUT2D eigenvalue weighted by Crippen LogP contribution is -2.57. The number of nitrogens with zero attached hydrogens (tertiary/aromatic N) is 2. The second-order valence-corrected chi connectivity index (χ2v) is 6.80. The average molecular weight is 267 g/mol. The Kier molecular flexibility index (Phi) is 5.67. The van der Waals surface area contributed by atoms with E-state index in [2.05, 4.69) is 30.7 Å². The van der Waals surface area contributed by atoms with Crippen LogP contribution in [0.3, 0.4) is 0 Å². The highest BCUT2D eigenvalue weighted by Crippen LogP contribution is 2.31. The first kappa shape index (κ1) is 15.3. The number of hydrogen-bond donors (Lipinski definition) is 1. The Morgan fingerprint density at radius 1 is 1.26 bits per heavy atom. The van der Waals surface area contributed by atoms with Gasteiger partial charge >= 0.3 is 0 Å². The van der Waals surface area contributed by atoms with Crippen molar-refractivity contribution >= 4 is 0 Å². The molecule has 0 spiro atoms. The van der Waals surface area contributed by atoms with E-state index in [1.807, 2.05) is 0 Å². The van der Waals surface area contributed by atoms with Crippen molar-refractivity contribution in [3.8, 4) is 0 Å². The van der Waals surface area contributed by atoms with Gasteiger partial charge in [-0.1, -0.05) is 20.3 Å². The van der Waals surface area contributed by atoms with Crippen molar-refractivity contribution in [2.75, 3.05) is 33.2 Å². The Balaban J connectivity index is 1.94. The van der Waals surface area contributed by atoms with Gasteiger partial charge in [0.2, 0.25) is 0 Å². The zero-order chi connectivity index (χ0) is 13.8. The highest BCUT2D eigenvalue weighted by Gasteiger charge is 2.36. The van der Waals surface area contributed by atoms with Crippen molar-refractivity contribution < 1.29 is 0 Å². The molecule has 0 aromatic rings. The minimum Gasteiger partial charge on any atom is -0.329 e. The van der Waals surface area contributed by atoms with Gasteiger partial charge in [-0.15, -0.1) is 0 Å². The van der Waals surface area contributed by atoms with Crippen LogP contribution < -0.4 is 5.73 Å². The topological polar surface area (TPSA) is 32.5 Å². The summed E-state index contributed by atoms with van der Waals surface area (Å²) in [6, 6.07) is 1.44. The number of nitrogens with two attached hydrogens (primary N) is 1. The largest absolute Gasteiger partial charge is 0.329 e. The molecule has 2 rings (SSSR count). The zero-order valence-corrected chi connectivity index (χ0v) is 13.1. The highest BCUT2D eigenvalue weighted by atomic mass is 15.2. The first-order valence-electron chi connectivity index (χ1n) is 8.31. The summed E-state index contributed by atoms with van der Waals surface area (Å²) in [7, 11) is 2.31. The number of fused-ring (bicyclic) bond motifs is 1. The summed E-state index contributed by atoms with van der Waals surface area (Å²) >= 11 is 0. The second kappa shape index (κ2) is 7.05. The van der Waals surface area contributed by atoms with Crippen LogP contribution in [-0.4, -0.2) is 55.1 Å². The fraction of sp³-hybridized carbons (Fsp3) is 1.00. The van der Waals surface area contributed by atoms with Crippen molar-refractivity contribution in [1.82, 2.24) is 9.80 Å². The first-order chi connectivity index (χ1) is 9.17. The molecule has 19 heavy (non-hydrogen) atoms. The van der Waals surface area contributed by atoms with Crippen LogP contribution in [0.1, 0.15) is 46.0 Å². The van der Waals surface area contributed by atoms with E-state index in [0.29, 0.717) is 6.04 Å². The Bertz CT molecular complexity index is 269. The maximum Gasteiger partial charge on any atom is 0.0244 e. The van der Waals surface area contributed by atoms with Crippen molar-refractivity contribution in [2.45, 2.75) is 58.0 Å². The third-order valence-electron chi connectivity index (χ3n) is 5.49. The molecule has 0 amide bonds. The van der Waals surface area contributed by atoms with Crippen LogP contribution in [0.15, 0.2) is 0 Å².